The second-order valence-corrected chi connectivity index (χ2v) is 7.33. The molecule has 8 nitrogen and oxygen atoms in total. The van der Waals surface area contributed by atoms with E-state index in [1.54, 1.807) is 36.4 Å². The van der Waals surface area contributed by atoms with Crippen LogP contribution in [0.5, 0.6) is 23.0 Å². The fourth-order valence-corrected chi connectivity index (χ4v) is 3.71. The number of nitrogens with zero attached hydrogens (tertiary/aromatic N) is 1. The summed E-state index contributed by atoms with van der Waals surface area (Å²) in [5.41, 5.74) is 0.628. The van der Waals surface area contributed by atoms with Crippen molar-refractivity contribution in [3.8, 4) is 23.0 Å². The van der Waals surface area contributed by atoms with E-state index in [1.807, 2.05) is 12.1 Å². The lowest BCUT2D eigenvalue weighted by molar-refractivity contribution is -0.132. The number of rotatable bonds is 8. The lowest BCUT2D eigenvalue weighted by atomic mass is 10.2. The number of methoxy groups -OCH3 is 2. The van der Waals surface area contributed by atoms with Crippen LogP contribution < -0.4 is 18.9 Å². The van der Waals surface area contributed by atoms with Crippen LogP contribution in [-0.2, 0) is 9.59 Å². The summed E-state index contributed by atoms with van der Waals surface area (Å²) in [6, 6.07) is 12.0. The van der Waals surface area contributed by atoms with Gasteiger partial charge in [-0.05, 0) is 47.7 Å². The van der Waals surface area contributed by atoms with Gasteiger partial charge in [-0.15, -0.1) is 0 Å². The molecule has 0 bridgehead atoms. The molecule has 0 saturated carbocycles. The molecule has 1 fully saturated rings. The third kappa shape index (κ3) is 5.37. The zero-order chi connectivity index (χ0) is 22.4. The zero-order valence-corrected chi connectivity index (χ0v) is 18.1. The minimum atomic E-state index is -0.470. The van der Waals surface area contributed by atoms with E-state index < -0.39 is 11.9 Å². The second kappa shape index (κ2) is 10.0. The molecule has 1 aliphatic heterocycles. The van der Waals surface area contributed by atoms with Crippen LogP contribution in [-0.4, -0.2) is 49.4 Å². The van der Waals surface area contributed by atoms with Gasteiger partial charge in [-0.2, -0.15) is 0 Å². The van der Waals surface area contributed by atoms with Crippen LogP contribution in [0.2, 0.25) is 0 Å². The number of carbonyl (C=O) groups is 3. The molecular formula is C22H21NO7S. The summed E-state index contributed by atoms with van der Waals surface area (Å²) in [6.45, 7) is 1.53. The van der Waals surface area contributed by atoms with E-state index in [0.717, 1.165) is 16.7 Å². The van der Waals surface area contributed by atoms with Crippen LogP contribution >= 0.6 is 11.8 Å². The molecule has 1 saturated heterocycles. The van der Waals surface area contributed by atoms with Crippen molar-refractivity contribution in [1.82, 2.24) is 4.90 Å². The number of hydrogen-bond acceptors (Lipinski definition) is 8. The highest BCUT2D eigenvalue weighted by atomic mass is 32.2. The smallest absolute Gasteiger partial charge is 0.308 e. The maximum absolute atomic E-state index is 12.7. The number of ether oxygens (including phenoxy) is 4. The van der Waals surface area contributed by atoms with E-state index in [2.05, 4.69) is 0 Å². The Morgan fingerprint density at radius 2 is 1.71 bits per heavy atom. The highest BCUT2D eigenvalue weighted by molar-refractivity contribution is 8.18. The van der Waals surface area contributed by atoms with Crippen molar-refractivity contribution >= 4 is 35.0 Å². The monoisotopic (exact) mass is 443 g/mol. The van der Waals surface area contributed by atoms with E-state index in [9.17, 15) is 14.4 Å². The van der Waals surface area contributed by atoms with Gasteiger partial charge in [0, 0.05) is 6.92 Å². The highest BCUT2D eigenvalue weighted by Gasteiger charge is 2.34. The maximum Gasteiger partial charge on any atom is 0.308 e. The van der Waals surface area contributed by atoms with Crippen LogP contribution in [0.3, 0.4) is 0 Å². The Morgan fingerprint density at radius 1 is 1.00 bits per heavy atom. The van der Waals surface area contributed by atoms with Gasteiger partial charge in [-0.3, -0.25) is 19.3 Å². The molecule has 0 radical (unpaired) electrons. The van der Waals surface area contributed by atoms with E-state index in [-0.39, 0.29) is 29.0 Å². The fraction of sp³-hybridized carbons (Fsp3) is 0.227. The lowest BCUT2D eigenvalue weighted by Crippen LogP contribution is -2.32. The molecule has 162 valence electrons. The van der Waals surface area contributed by atoms with Crippen LogP contribution in [0.1, 0.15) is 12.5 Å². The molecule has 1 heterocycles. The molecule has 9 heteroatoms. The summed E-state index contributed by atoms with van der Waals surface area (Å²) in [5.74, 6) is 0.849. The topological polar surface area (TPSA) is 91.4 Å². The van der Waals surface area contributed by atoms with Gasteiger partial charge in [0.1, 0.15) is 6.61 Å². The van der Waals surface area contributed by atoms with E-state index in [0.29, 0.717) is 22.8 Å². The Labute approximate surface area is 183 Å². The highest BCUT2D eigenvalue weighted by Crippen LogP contribution is 2.34. The van der Waals surface area contributed by atoms with Crippen molar-refractivity contribution in [2.45, 2.75) is 6.92 Å². The van der Waals surface area contributed by atoms with Gasteiger partial charge in [0.2, 0.25) is 0 Å². The van der Waals surface area contributed by atoms with Crippen molar-refractivity contribution in [1.29, 1.82) is 0 Å². The first-order valence-corrected chi connectivity index (χ1v) is 10.1. The van der Waals surface area contributed by atoms with Crippen molar-refractivity contribution in [2.24, 2.45) is 0 Å². The predicted octanol–water partition coefficient (Wildman–Crippen LogP) is 3.74. The number of benzene rings is 2. The van der Waals surface area contributed by atoms with Crippen molar-refractivity contribution in [3.63, 3.8) is 0 Å². The van der Waals surface area contributed by atoms with Crippen LogP contribution in [0.4, 0.5) is 4.79 Å². The number of esters is 1. The summed E-state index contributed by atoms with van der Waals surface area (Å²) in [4.78, 5) is 37.6. The quantitative estimate of drug-likeness (QED) is 0.346. The molecule has 31 heavy (non-hydrogen) atoms. The molecule has 0 aliphatic carbocycles. The standard InChI is InChI=1S/C22H21NO7S/c1-14(24)30-18-9-8-15(12-19(18)28-3)13-20-21(25)23(22(26)31-20)10-11-29-17-7-5-4-6-16(17)27-2/h4-9,12-13H,10-11H2,1-3H3/b20-13-. The summed E-state index contributed by atoms with van der Waals surface area (Å²) in [6.07, 6.45) is 1.59. The first kappa shape index (κ1) is 22.2. The second-order valence-electron chi connectivity index (χ2n) is 6.34. The summed E-state index contributed by atoms with van der Waals surface area (Å²) in [7, 11) is 2.99. The first-order chi connectivity index (χ1) is 14.9. The van der Waals surface area contributed by atoms with Gasteiger partial charge >= 0.3 is 5.97 Å². The Bertz CT molecular complexity index is 1030. The SMILES string of the molecule is COc1ccccc1OCCN1C(=O)S/C(=C\c2ccc(OC(C)=O)c(OC)c2)C1=O. The van der Waals surface area contributed by atoms with Gasteiger partial charge in [-0.25, -0.2) is 0 Å². The van der Waals surface area contributed by atoms with E-state index in [4.69, 9.17) is 18.9 Å². The van der Waals surface area contributed by atoms with Gasteiger partial charge in [0.05, 0.1) is 25.7 Å². The Hall–Kier alpha value is -3.46. The molecule has 2 amide bonds. The molecule has 2 aromatic rings. The molecule has 0 unspecified atom stereocenters. The normalized spacial score (nSPS) is 14.7. The number of thioether (sulfide) groups is 1. The predicted molar refractivity (Wildman–Crippen MR) is 115 cm³/mol. The minimum absolute atomic E-state index is 0.106. The van der Waals surface area contributed by atoms with Crippen molar-refractivity contribution < 1.29 is 33.3 Å². The van der Waals surface area contributed by atoms with Gasteiger partial charge in [0.25, 0.3) is 11.1 Å². The summed E-state index contributed by atoms with van der Waals surface area (Å²) >= 11 is 0.851. The van der Waals surface area contributed by atoms with E-state index >= 15 is 0 Å². The molecule has 2 aromatic carbocycles. The number of imide groups is 1. The van der Waals surface area contributed by atoms with Crippen LogP contribution in [0, 0.1) is 0 Å². The van der Waals surface area contributed by atoms with Crippen LogP contribution in [0.25, 0.3) is 6.08 Å². The number of para-hydroxylation sites is 2. The number of hydrogen-bond donors (Lipinski definition) is 0. The third-order valence-corrected chi connectivity index (χ3v) is 5.16. The zero-order valence-electron chi connectivity index (χ0n) is 17.2. The van der Waals surface area contributed by atoms with E-state index in [1.165, 1.54) is 21.1 Å². The van der Waals surface area contributed by atoms with Gasteiger partial charge in [0.15, 0.2) is 23.0 Å². The lowest BCUT2D eigenvalue weighted by Gasteiger charge is -2.14. The molecule has 0 aromatic heterocycles. The first-order valence-electron chi connectivity index (χ1n) is 9.30. The largest absolute Gasteiger partial charge is 0.493 e. The Balaban J connectivity index is 1.68. The molecule has 0 N–H and O–H groups in total. The Morgan fingerprint density at radius 3 is 2.39 bits per heavy atom. The number of amides is 2. The fourth-order valence-electron chi connectivity index (χ4n) is 2.84. The molecule has 1 aliphatic rings. The molecule has 0 spiro atoms. The average molecular weight is 443 g/mol. The van der Waals surface area contributed by atoms with Gasteiger partial charge in [-0.1, -0.05) is 18.2 Å². The Kier molecular flexibility index (Phi) is 7.19. The molecular weight excluding hydrogens is 422 g/mol. The van der Waals surface area contributed by atoms with Gasteiger partial charge < -0.3 is 18.9 Å². The number of carbonyl (C=O) groups excluding carboxylic acids is 3. The maximum atomic E-state index is 12.7. The minimum Gasteiger partial charge on any atom is -0.493 e. The molecule has 3 rings (SSSR count). The third-order valence-electron chi connectivity index (χ3n) is 4.25. The van der Waals surface area contributed by atoms with Crippen LogP contribution in [0.15, 0.2) is 47.4 Å². The summed E-state index contributed by atoms with van der Waals surface area (Å²) < 4.78 is 21.2. The molecule has 0 atom stereocenters. The van der Waals surface area contributed by atoms with Crippen molar-refractivity contribution in [2.75, 3.05) is 27.4 Å². The average Bonchev–Trinajstić information content (AvgIpc) is 3.02. The van der Waals surface area contributed by atoms with Crippen molar-refractivity contribution in [3.05, 3.63) is 52.9 Å². The summed E-state index contributed by atoms with van der Waals surface area (Å²) in [5, 5.41) is -0.372.